The van der Waals surface area contributed by atoms with E-state index in [9.17, 15) is 4.79 Å². The molecular weight excluding hydrogens is 264 g/mol. The number of rotatable bonds is 4. The van der Waals surface area contributed by atoms with E-state index in [2.05, 4.69) is 15.3 Å². The van der Waals surface area contributed by atoms with Gasteiger partial charge in [-0.1, -0.05) is 5.21 Å². The van der Waals surface area contributed by atoms with Gasteiger partial charge >= 0.3 is 0 Å². The van der Waals surface area contributed by atoms with Gasteiger partial charge in [0.25, 0.3) is 5.56 Å². The Bertz CT molecular complexity index is 758. The van der Waals surface area contributed by atoms with Crippen molar-refractivity contribution in [3.63, 3.8) is 0 Å². The van der Waals surface area contributed by atoms with Gasteiger partial charge in [-0.3, -0.25) is 9.20 Å². The van der Waals surface area contributed by atoms with E-state index in [1.807, 2.05) is 11.6 Å². The van der Waals surface area contributed by atoms with Crippen molar-refractivity contribution < 1.29 is 0 Å². The normalized spacial score (nSPS) is 11.2. The van der Waals surface area contributed by atoms with Crippen molar-refractivity contribution in [3.05, 3.63) is 45.6 Å². The molecule has 0 aromatic carbocycles. The van der Waals surface area contributed by atoms with Crippen molar-refractivity contribution in [2.45, 2.75) is 13.0 Å². The van der Waals surface area contributed by atoms with Crippen LogP contribution in [-0.4, -0.2) is 30.9 Å². The number of nitrogens with zero attached hydrogens (tertiary/aromatic N) is 5. The molecule has 3 aromatic rings. The summed E-state index contributed by atoms with van der Waals surface area (Å²) in [5.74, 6) is 0. The molecule has 0 saturated carbocycles. The fourth-order valence-electron chi connectivity index (χ4n) is 1.81. The van der Waals surface area contributed by atoms with Crippen LogP contribution in [0.5, 0.6) is 0 Å². The summed E-state index contributed by atoms with van der Waals surface area (Å²) in [6.07, 6.45) is 4.23. The molecule has 0 atom stereocenters. The summed E-state index contributed by atoms with van der Waals surface area (Å²) >= 11 is 1.43. The Labute approximate surface area is 112 Å². The summed E-state index contributed by atoms with van der Waals surface area (Å²) < 4.78 is 3.19. The van der Waals surface area contributed by atoms with Gasteiger partial charge in [-0.15, -0.1) is 16.4 Å². The highest BCUT2D eigenvalue weighted by atomic mass is 32.1. The van der Waals surface area contributed by atoms with Crippen LogP contribution in [-0.2, 0) is 13.0 Å². The number of thiazole rings is 1. The maximum absolute atomic E-state index is 11.8. The largest absolute Gasteiger partial charge is 0.330 e. The standard InChI is InChI=1S/C11H12N6OS/c12-2-1-8-6-16(15-14-8)7-9-5-10(18)17-3-4-19-11(17)13-9/h3-6H,1-2,7,12H2. The lowest BCUT2D eigenvalue weighted by Crippen LogP contribution is -2.14. The number of hydrogen-bond acceptors (Lipinski definition) is 6. The maximum atomic E-state index is 11.8. The molecule has 98 valence electrons. The quantitative estimate of drug-likeness (QED) is 0.718. The van der Waals surface area contributed by atoms with Crippen LogP contribution in [0.25, 0.3) is 4.96 Å². The predicted molar refractivity (Wildman–Crippen MR) is 71.2 cm³/mol. The average Bonchev–Trinajstić information content (AvgIpc) is 2.99. The van der Waals surface area contributed by atoms with E-state index in [1.54, 1.807) is 10.9 Å². The second kappa shape index (κ2) is 4.90. The molecule has 0 bridgehead atoms. The summed E-state index contributed by atoms with van der Waals surface area (Å²) in [6.45, 7) is 0.973. The molecule has 3 rings (SSSR count). The summed E-state index contributed by atoms with van der Waals surface area (Å²) in [4.78, 5) is 16.9. The highest BCUT2D eigenvalue weighted by Crippen LogP contribution is 2.07. The van der Waals surface area contributed by atoms with Crippen LogP contribution in [0.2, 0.25) is 0 Å². The first-order chi connectivity index (χ1) is 9.26. The Balaban J connectivity index is 1.89. The highest BCUT2D eigenvalue weighted by molar-refractivity contribution is 7.15. The van der Waals surface area contributed by atoms with Crippen LogP contribution in [0, 0.1) is 0 Å². The lowest BCUT2D eigenvalue weighted by atomic mass is 10.3. The fraction of sp³-hybridized carbons (Fsp3) is 0.273. The molecule has 3 aromatic heterocycles. The first kappa shape index (κ1) is 12.0. The molecule has 0 unspecified atom stereocenters. The third-order valence-corrected chi connectivity index (χ3v) is 3.42. The topological polar surface area (TPSA) is 91.1 Å². The van der Waals surface area contributed by atoms with E-state index >= 15 is 0 Å². The van der Waals surface area contributed by atoms with Gasteiger partial charge in [0.2, 0.25) is 0 Å². The van der Waals surface area contributed by atoms with E-state index < -0.39 is 0 Å². The second-order valence-corrected chi connectivity index (χ2v) is 4.96. The minimum Gasteiger partial charge on any atom is -0.330 e. The third kappa shape index (κ3) is 2.40. The zero-order chi connectivity index (χ0) is 13.2. The van der Waals surface area contributed by atoms with E-state index in [-0.39, 0.29) is 5.56 Å². The van der Waals surface area contributed by atoms with Gasteiger partial charge in [-0.25, -0.2) is 9.67 Å². The molecule has 7 nitrogen and oxygen atoms in total. The third-order valence-electron chi connectivity index (χ3n) is 2.67. The summed E-state index contributed by atoms with van der Waals surface area (Å²) in [6, 6.07) is 1.52. The van der Waals surface area contributed by atoms with Crippen molar-refractivity contribution in [2.24, 2.45) is 5.73 Å². The Kier molecular flexibility index (Phi) is 3.10. The van der Waals surface area contributed by atoms with Crippen LogP contribution in [0.3, 0.4) is 0 Å². The molecule has 0 aliphatic heterocycles. The van der Waals surface area contributed by atoms with Crippen LogP contribution >= 0.6 is 11.3 Å². The van der Waals surface area contributed by atoms with Crippen LogP contribution < -0.4 is 11.3 Å². The number of aromatic nitrogens is 5. The summed E-state index contributed by atoms with van der Waals surface area (Å²) in [5.41, 5.74) is 6.90. The van der Waals surface area contributed by atoms with Gasteiger partial charge in [0.05, 0.1) is 17.9 Å². The minimum absolute atomic E-state index is 0.0800. The molecule has 8 heteroatoms. The van der Waals surface area contributed by atoms with Gasteiger partial charge in [0, 0.05) is 30.3 Å². The van der Waals surface area contributed by atoms with E-state index in [4.69, 9.17) is 5.73 Å². The van der Waals surface area contributed by atoms with Gasteiger partial charge < -0.3 is 5.73 Å². The van der Waals surface area contributed by atoms with Crippen molar-refractivity contribution in [2.75, 3.05) is 6.54 Å². The SMILES string of the molecule is NCCc1cn(Cc2cc(=O)n3ccsc3n2)nn1. The first-order valence-electron chi connectivity index (χ1n) is 5.81. The number of hydrogen-bond donors (Lipinski definition) is 1. The van der Waals surface area contributed by atoms with Crippen LogP contribution in [0.4, 0.5) is 0 Å². The van der Waals surface area contributed by atoms with E-state index in [0.29, 0.717) is 30.2 Å². The maximum Gasteiger partial charge on any atom is 0.258 e. The van der Waals surface area contributed by atoms with Crippen LogP contribution in [0.15, 0.2) is 28.6 Å². The highest BCUT2D eigenvalue weighted by Gasteiger charge is 2.06. The van der Waals surface area contributed by atoms with E-state index in [0.717, 1.165) is 5.69 Å². The molecule has 19 heavy (non-hydrogen) atoms. The Morgan fingerprint density at radius 3 is 3.11 bits per heavy atom. The Morgan fingerprint density at radius 2 is 2.26 bits per heavy atom. The van der Waals surface area contributed by atoms with Crippen molar-refractivity contribution in [3.8, 4) is 0 Å². The molecule has 0 saturated heterocycles. The lowest BCUT2D eigenvalue weighted by molar-refractivity contribution is 0.637. The Hall–Kier alpha value is -2.06. The first-order valence-corrected chi connectivity index (χ1v) is 6.69. The summed E-state index contributed by atoms with van der Waals surface area (Å²) in [5, 5.41) is 9.83. The van der Waals surface area contributed by atoms with Crippen molar-refractivity contribution >= 4 is 16.3 Å². The number of fused-ring (bicyclic) bond motifs is 1. The van der Waals surface area contributed by atoms with Gasteiger partial charge in [0.1, 0.15) is 0 Å². The van der Waals surface area contributed by atoms with Crippen molar-refractivity contribution in [1.29, 1.82) is 0 Å². The molecular formula is C11H12N6OS. The van der Waals surface area contributed by atoms with E-state index in [1.165, 1.54) is 21.8 Å². The summed E-state index contributed by atoms with van der Waals surface area (Å²) in [7, 11) is 0. The fourth-order valence-corrected chi connectivity index (χ4v) is 2.55. The molecule has 2 N–H and O–H groups in total. The second-order valence-electron chi connectivity index (χ2n) is 4.09. The van der Waals surface area contributed by atoms with Gasteiger partial charge in [-0.05, 0) is 6.54 Å². The minimum atomic E-state index is -0.0800. The van der Waals surface area contributed by atoms with Crippen molar-refractivity contribution in [1.82, 2.24) is 24.4 Å². The average molecular weight is 276 g/mol. The molecule has 3 heterocycles. The zero-order valence-corrected chi connectivity index (χ0v) is 10.9. The molecule has 0 fully saturated rings. The predicted octanol–water partition coefficient (Wildman–Crippen LogP) is -0.103. The molecule has 0 aliphatic carbocycles. The lowest BCUT2D eigenvalue weighted by Gasteiger charge is -2.00. The smallest absolute Gasteiger partial charge is 0.258 e. The molecule has 0 amide bonds. The molecule has 0 radical (unpaired) electrons. The van der Waals surface area contributed by atoms with Crippen LogP contribution in [0.1, 0.15) is 11.4 Å². The van der Waals surface area contributed by atoms with Gasteiger partial charge in [0.15, 0.2) is 4.96 Å². The Morgan fingerprint density at radius 1 is 1.37 bits per heavy atom. The number of nitrogens with two attached hydrogens (primary N) is 1. The monoisotopic (exact) mass is 276 g/mol. The zero-order valence-electron chi connectivity index (χ0n) is 10.1. The molecule has 0 aliphatic rings. The molecule has 0 spiro atoms. The van der Waals surface area contributed by atoms with Gasteiger partial charge in [-0.2, -0.15) is 0 Å².